The Morgan fingerprint density at radius 1 is 1.17 bits per heavy atom. The molecule has 1 aromatic rings. The minimum absolute atomic E-state index is 0.107. The number of ether oxygens (including phenoxy) is 2. The Morgan fingerprint density at radius 2 is 1.86 bits per heavy atom. The normalized spacial score (nSPS) is 25.7. The number of amides is 1. The number of carbonyl (C=O) groups excluding carboxylic acids is 1. The summed E-state index contributed by atoms with van der Waals surface area (Å²) >= 11 is 0. The number of hydrazine groups is 1. The van der Waals surface area contributed by atoms with Crippen molar-refractivity contribution in [1.29, 1.82) is 0 Å². The Labute approximate surface area is 176 Å². The van der Waals surface area contributed by atoms with Crippen molar-refractivity contribution in [1.82, 2.24) is 10.0 Å². The highest BCUT2D eigenvalue weighted by Crippen LogP contribution is 2.40. The fourth-order valence-electron chi connectivity index (χ4n) is 5.16. The molecule has 5 heteroatoms. The molecule has 3 rings (SSSR count). The number of hydrogen-bond donors (Lipinski definition) is 0. The first-order valence-electron chi connectivity index (χ1n) is 11.3. The van der Waals surface area contributed by atoms with Crippen molar-refractivity contribution in [2.75, 3.05) is 13.7 Å². The van der Waals surface area contributed by atoms with E-state index in [1.54, 1.807) is 0 Å². The molecule has 3 atom stereocenters. The predicted molar refractivity (Wildman–Crippen MR) is 115 cm³/mol. The summed E-state index contributed by atoms with van der Waals surface area (Å²) in [5.74, 6) is 0.611. The molecule has 0 saturated carbocycles. The van der Waals surface area contributed by atoms with E-state index in [0.717, 1.165) is 44.2 Å². The van der Waals surface area contributed by atoms with E-state index in [0.29, 0.717) is 12.5 Å². The van der Waals surface area contributed by atoms with Crippen molar-refractivity contribution in [3.05, 3.63) is 35.9 Å². The zero-order valence-corrected chi connectivity index (χ0v) is 18.8. The minimum Gasteiger partial charge on any atom is -0.377 e. The van der Waals surface area contributed by atoms with Gasteiger partial charge in [-0.15, -0.1) is 0 Å². The van der Waals surface area contributed by atoms with Crippen molar-refractivity contribution in [2.24, 2.45) is 5.92 Å². The first-order chi connectivity index (χ1) is 14.0. The first kappa shape index (κ1) is 22.3. The average molecular weight is 403 g/mol. The standard InChI is InChI=1S/C24H38N2O3/c1-6-24(7-2,28-5)21-14-11-15-25(21)26-20(16-18(3)4)22(23(26)27)29-17-19-12-9-8-10-13-19/h8-10,12-13,18,20-22H,6-7,11,14-17H2,1-5H3/t20-,21-,22+/m0/s1. The summed E-state index contributed by atoms with van der Waals surface area (Å²) in [5.41, 5.74) is 0.909. The van der Waals surface area contributed by atoms with E-state index in [1.165, 1.54) is 0 Å². The number of rotatable bonds is 10. The summed E-state index contributed by atoms with van der Waals surface area (Å²) in [6.07, 6.45) is 4.68. The number of nitrogens with zero attached hydrogens (tertiary/aromatic N) is 2. The lowest BCUT2D eigenvalue weighted by Gasteiger charge is -2.55. The highest BCUT2D eigenvalue weighted by Gasteiger charge is 2.55. The zero-order chi connectivity index (χ0) is 21.0. The Kier molecular flexibility index (Phi) is 7.36. The van der Waals surface area contributed by atoms with Crippen LogP contribution < -0.4 is 0 Å². The van der Waals surface area contributed by atoms with Gasteiger partial charge in [0, 0.05) is 13.7 Å². The van der Waals surface area contributed by atoms with Gasteiger partial charge in [0.2, 0.25) is 0 Å². The van der Waals surface area contributed by atoms with Crippen LogP contribution >= 0.6 is 0 Å². The lowest BCUT2D eigenvalue weighted by Crippen LogP contribution is -2.73. The number of benzene rings is 1. The molecule has 1 aromatic carbocycles. The average Bonchev–Trinajstić information content (AvgIpc) is 3.20. The molecule has 0 aliphatic carbocycles. The van der Waals surface area contributed by atoms with Crippen molar-refractivity contribution in [2.45, 2.75) is 90.2 Å². The monoisotopic (exact) mass is 402 g/mol. The van der Waals surface area contributed by atoms with Crippen LogP contribution in [0.1, 0.15) is 65.4 Å². The van der Waals surface area contributed by atoms with Gasteiger partial charge in [-0.2, -0.15) is 0 Å². The third kappa shape index (κ3) is 4.37. The summed E-state index contributed by atoms with van der Waals surface area (Å²) in [6.45, 7) is 10.2. The van der Waals surface area contributed by atoms with Gasteiger partial charge < -0.3 is 9.47 Å². The van der Waals surface area contributed by atoms with E-state index in [2.05, 4.69) is 32.7 Å². The molecular weight excluding hydrogens is 364 g/mol. The molecule has 2 heterocycles. The molecule has 0 bridgehead atoms. The van der Waals surface area contributed by atoms with Crippen LogP contribution in [-0.4, -0.2) is 53.4 Å². The van der Waals surface area contributed by atoms with Crippen LogP contribution in [0, 0.1) is 5.92 Å². The number of carbonyl (C=O) groups is 1. The molecule has 0 N–H and O–H groups in total. The molecule has 29 heavy (non-hydrogen) atoms. The zero-order valence-electron chi connectivity index (χ0n) is 18.8. The van der Waals surface area contributed by atoms with Gasteiger partial charge in [-0.25, -0.2) is 5.01 Å². The molecule has 2 aliphatic rings. The van der Waals surface area contributed by atoms with Crippen molar-refractivity contribution in [3.63, 3.8) is 0 Å². The van der Waals surface area contributed by atoms with Gasteiger partial charge in [0.25, 0.3) is 5.91 Å². The summed E-state index contributed by atoms with van der Waals surface area (Å²) < 4.78 is 12.2. The smallest absolute Gasteiger partial charge is 0.268 e. The quantitative estimate of drug-likeness (QED) is 0.544. The molecule has 0 unspecified atom stereocenters. The highest BCUT2D eigenvalue weighted by atomic mass is 16.5. The molecule has 1 amide bonds. The summed E-state index contributed by atoms with van der Waals surface area (Å²) in [6, 6.07) is 10.5. The van der Waals surface area contributed by atoms with E-state index >= 15 is 0 Å². The lowest BCUT2D eigenvalue weighted by atomic mass is 9.86. The lowest BCUT2D eigenvalue weighted by molar-refractivity contribution is -0.230. The van der Waals surface area contributed by atoms with Crippen molar-refractivity contribution >= 4 is 5.91 Å². The molecule has 5 nitrogen and oxygen atoms in total. The van der Waals surface area contributed by atoms with Gasteiger partial charge >= 0.3 is 0 Å². The molecule has 2 aliphatic heterocycles. The van der Waals surface area contributed by atoms with Crippen LogP contribution in [0.4, 0.5) is 0 Å². The Bertz CT molecular complexity index is 651. The molecule has 0 aromatic heterocycles. The van der Waals surface area contributed by atoms with Crippen LogP contribution in [0.3, 0.4) is 0 Å². The van der Waals surface area contributed by atoms with Crippen LogP contribution in [0.25, 0.3) is 0 Å². The molecule has 162 valence electrons. The van der Waals surface area contributed by atoms with E-state index in [1.807, 2.05) is 42.5 Å². The molecule has 2 saturated heterocycles. The van der Waals surface area contributed by atoms with Crippen molar-refractivity contribution < 1.29 is 14.3 Å². The number of β-lactam (4-membered cyclic amide) rings is 1. The van der Waals surface area contributed by atoms with Gasteiger partial charge in [-0.3, -0.25) is 9.80 Å². The van der Waals surface area contributed by atoms with Gasteiger partial charge in [-0.05, 0) is 43.6 Å². The second kappa shape index (κ2) is 9.59. The Hall–Kier alpha value is -1.43. The second-order valence-corrected chi connectivity index (χ2v) is 8.89. The maximum absolute atomic E-state index is 13.2. The number of methoxy groups -OCH3 is 1. The van der Waals surface area contributed by atoms with E-state index in [4.69, 9.17) is 9.47 Å². The van der Waals surface area contributed by atoms with E-state index in [9.17, 15) is 4.79 Å². The van der Waals surface area contributed by atoms with Gasteiger partial charge in [0.1, 0.15) is 0 Å². The van der Waals surface area contributed by atoms with Crippen molar-refractivity contribution in [3.8, 4) is 0 Å². The van der Waals surface area contributed by atoms with E-state index < -0.39 is 0 Å². The van der Waals surface area contributed by atoms with Gasteiger partial charge in [0.15, 0.2) is 6.10 Å². The third-order valence-electron chi connectivity index (χ3n) is 6.83. The fourth-order valence-corrected chi connectivity index (χ4v) is 5.16. The highest BCUT2D eigenvalue weighted by molar-refractivity contribution is 5.88. The van der Waals surface area contributed by atoms with E-state index in [-0.39, 0.29) is 29.7 Å². The summed E-state index contributed by atoms with van der Waals surface area (Å²) in [7, 11) is 1.82. The molecule has 0 spiro atoms. The second-order valence-electron chi connectivity index (χ2n) is 8.89. The topological polar surface area (TPSA) is 42.0 Å². The Morgan fingerprint density at radius 3 is 2.45 bits per heavy atom. The SMILES string of the molecule is CCC(CC)(OC)[C@@H]1CCCN1N1C(=O)[C@H](OCc2ccccc2)[C@@H]1CC(C)C. The van der Waals surface area contributed by atoms with Crippen LogP contribution in [0.15, 0.2) is 30.3 Å². The fraction of sp³-hybridized carbons (Fsp3) is 0.708. The first-order valence-corrected chi connectivity index (χ1v) is 11.3. The predicted octanol–water partition coefficient (Wildman–Crippen LogP) is 4.41. The van der Waals surface area contributed by atoms with Crippen LogP contribution in [-0.2, 0) is 20.9 Å². The van der Waals surface area contributed by atoms with Gasteiger partial charge in [-0.1, -0.05) is 58.0 Å². The van der Waals surface area contributed by atoms with Gasteiger partial charge in [0.05, 0.1) is 24.3 Å². The molecule has 0 radical (unpaired) electrons. The largest absolute Gasteiger partial charge is 0.377 e. The number of hydrogen-bond acceptors (Lipinski definition) is 4. The summed E-state index contributed by atoms with van der Waals surface area (Å²) in [5, 5.41) is 4.33. The maximum Gasteiger partial charge on any atom is 0.268 e. The maximum atomic E-state index is 13.2. The minimum atomic E-state index is -0.348. The van der Waals surface area contributed by atoms with Crippen LogP contribution in [0.2, 0.25) is 0 Å². The third-order valence-corrected chi connectivity index (χ3v) is 6.83. The summed E-state index contributed by atoms with van der Waals surface area (Å²) in [4.78, 5) is 13.2. The molecular formula is C24H38N2O3. The van der Waals surface area contributed by atoms with Crippen LogP contribution in [0.5, 0.6) is 0 Å². The Balaban J connectivity index is 1.76. The molecule has 2 fully saturated rings.